The molecule has 1 aromatic heterocycles. The van der Waals surface area contributed by atoms with Crippen molar-refractivity contribution >= 4 is 28.5 Å². The van der Waals surface area contributed by atoms with Gasteiger partial charge in [-0.05, 0) is 54.6 Å². The number of rotatable bonds is 2. The number of aromatic nitrogens is 3. The van der Waals surface area contributed by atoms with Gasteiger partial charge in [0, 0.05) is 34.3 Å². The van der Waals surface area contributed by atoms with Gasteiger partial charge in [0.15, 0.2) is 5.82 Å². The summed E-state index contributed by atoms with van der Waals surface area (Å²) in [6.07, 6.45) is 0. The molecule has 0 spiro atoms. The molecule has 1 aliphatic heterocycles. The number of halogens is 2. The zero-order valence-electron chi connectivity index (χ0n) is 11.9. The van der Waals surface area contributed by atoms with Crippen molar-refractivity contribution in [1.82, 2.24) is 20.5 Å². The van der Waals surface area contributed by atoms with Crippen molar-refractivity contribution < 1.29 is 4.39 Å². The molecule has 1 aromatic carbocycles. The molecule has 5 nitrogen and oxygen atoms in total. The number of nitrogens with zero attached hydrogens (tertiary/aromatic N) is 3. The zero-order chi connectivity index (χ0) is 15.0. The normalized spacial score (nSPS) is 22.6. The van der Waals surface area contributed by atoms with Crippen molar-refractivity contribution in [2.75, 3.05) is 18.0 Å². The molecule has 2 N–H and O–H groups in total. The minimum absolute atomic E-state index is 0.243. The highest BCUT2D eigenvalue weighted by Crippen LogP contribution is 2.24. The number of piperazine rings is 1. The van der Waals surface area contributed by atoms with Crippen LogP contribution >= 0.6 is 22.6 Å². The minimum atomic E-state index is -0.243. The van der Waals surface area contributed by atoms with Gasteiger partial charge in [0.25, 0.3) is 0 Å². The van der Waals surface area contributed by atoms with Crippen molar-refractivity contribution in [3.05, 3.63) is 27.6 Å². The second-order valence-electron chi connectivity index (χ2n) is 5.48. The van der Waals surface area contributed by atoms with Gasteiger partial charge in [0.05, 0.1) is 0 Å². The van der Waals surface area contributed by atoms with E-state index in [2.05, 4.69) is 61.8 Å². The van der Waals surface area contributed by atoms with E-state index in [1.807, 2.05) is 0 Å². The van der Waals surface area contributed by atoms with Crippen molar-refractivity contribution in [2.24, 2.45) is 0 Å². The maximum Gasteiger partial charge on any atom is 0.245 e. The fourth-order valence-corrected chi connectivity index (χ4v) is 3.42. The average molecular weight is 401 g/mol. The summed E-state index contributed by atoms with van der Waals surface area (Å²) >= 11 is 2.11. The third-order valence-corrected chi connectivity index (χ3v) is 4.39. The highest BCUT2D eigenvalue weighted by molar-refractivity contribution is 14.1. The van der Waals surface area contributed by atoms with E-state index in [1.165, 1.54) is 12.1 Å². The van der Waals surface area contributed by atoms with E-state index in [1.54, 1.807) is 6.07 Å². The van der Waals surface area contributed by atoms with Gasteiger partial charge in [-0.15, -0.1) is 5.10 Å². The van der Waals surface area contributed by atoms with Gasteiger partial charge in [-0.1, -0.05) is 0 Å². The van der Waals surface area contributed by atoms with Gasteiger partial charge < -0.3 is 10.2 Å². The Hall–Kier alpha value is -1.22. The number of aromatic amines is 1. The van der Waals surface area contributed by atoms with Gasteiger partial charge in [-0.25, -0.2) is 4.39 Å². The topological polar surface area (TPSA) is 56.8 Å². The van der Waals surface area contributed by atoms with Crippen molar-refractivity contribution in [3.8, 4) is 11.4 Å². The Morgan fingerprint density at radius 3 is 2.67 bits per heavy atom. The molecule has 21 heavy (non-hydrogen) atoms. The van der Waals surface area contributed by atoms with Crippen molar-refractivity contribution in [3.63, 3.8) is 0 Å². The number of hydrogen-bond acceptors (Lipinski definition) is 4. The molecule has 0 bridgehead atoms. The lowest BCUT2D eigenvalue weighted by molar-refractivity contribution is 0.403. The monoisotopic (exact) mass is 401 g/mol. The Bertz CT molecular complexity index is 634. The van der Waals surface area contributed by atoms with Crippen LogP contribution < -0.4 is 10.2 Å². The third kappa shape index (κ3) is 3.18. The molecule has 1 fully saturated rings. The largest absolute Gasteiger partial charge is 0.336 e. The number of benzene rings is 1. The fourth-order valence-electron chi connectivity index (χ4n) is 2.69. The first-order valence-corrected chi connectivity index (χ1v) is 7.99. The van der Waals surface area contributed by atoms with E-state index in [0.717, 1.165) is 22.2 Å². The van der Waals surface area contributed by atoms with Gasteiger partial charge in [-0.2, -0.15) is 4.98 Å². The van der Waals surface area contributed by atoms with Crippen LogP contribution in [0.3, 0.4) is 0 Å². The van der Waals surface area contributed by atoms with Crippen LogP contribution in [0.15, 0.2) is 18.2 Å². The summed E-state index contributed by atoms with van der Waals surface area (Å²) in [7, 11) is 0. The summed E-state index contributed by atoms with van der Waals surface area (Å²) in [5.41, 5.74) is 0.868. The standard InChI is InChI=1S/C14H17FIN5/c1-8-6-21(7-9(2)17-8)14-18-13(19-20-14)11-4-3-10(15)5-12(11)16/h3-5,8-9,17H,6-7H2,1-2H3,(H,18,19,20). The molecule has 2 unspecified atom stereocenters. The number of nitrogens with one attached hydrogen (secondary N) is 2. The molecule has 2 heterocycles. The van der Waals surface area contributed by atoms with Crippen LogP contribution in [0.1, 0.15) is 13.8 Å². The molecule has 0 radical (unpaired) electrons. The lowest BCUT2D eigenvalue weighted by Gasteiger charge is -2.35. The van der Waals surface area contributed by atoms with Gasteiger partial charge in [-0.3, -0.25) is 5.10 Å². The average Bonchev–Trinajstić information content (AvgIpc) is 2.87. The van der Waals surface area contributed by atoms with E-state index in [9.17, 15) is 4.39 Å². The number of H-pyrrole nitrogens is 1. The Morgan fingerprint density at radius 1 is 1.29 bits per heavy atom. The van der Waals surface area contributed by atoms with Crippen molar-refractivity contribution in [1.29, 1.82) is 0 Å². The Balaban J connectivity index is 1.86. The van der Waals surface area contributed by atoms with Crippen LogP contribution in [0.25, 0.3) is 11.4 Å². The second kappa shape index (κ2) is 5.88. The van der Waals surface area contributed by atoms with E-state index in [-0.39, 0.29) is 5.82 Å². The van der Waals surface area contributed by atoms with Gasteiger partial charge in [0.1, 0.15) is 5.82 Å². The maximum atomic E-state index is 13.2. The predicted molar refractivity (Wildman–Crippen MR) is 88.8 cm³/mol. The first-order valence-electron chi connectivity index (χ1n) is 6.92. The quantitative estimate of drug-likeness (QED) is 0.760. The minimum Gasteiger partial charge on any atom is -0.336 e. The predicted octanol–water partition coefficient (Wildman–Crippen LogP) is 2.40. The maximum absolute atomic E-state index is 13.2. The molecule has 2 aromatic rings. The van der Waals surface area contributed by atoms with Crippen molar-refractivity contribution in [2.45, 2.75) is 25.9 Å². The Kier molecular flexibility index (Phi) is 4.12. The summed E-state index contributed by atoms with van der Waals surface area (Å²) < 4.78 is 14.0. The molecule has 0 saturated carbocycles. The van der Waals surface area contributed by atoms with Crippen LogP contribution in [0, 0.1) is 9.39 Å². The smallest absolute Gasteiger partial charge is 0.245 e. The number of anilines is 1. The fraction of sp³-hybridized carbons (Fsp3) is 0.429. The summed E-state index contributed by atoms with van der Waals surface area (Å²) in [4.78, 5) is 6.74. The Morgan fingerprint density at radius 2 is 2.00 bits per heavy atom. The molecule has 1 aliphatic rings. The summed E-state index contributed by atoms with van der Waals surface area (Å²) in [5.74, 6) is 1.13. The van der Waals surface area contributed by atoms with Gasteiger partial charge in [0.2, 0.25) is 5.95 Å². The van der Waals surface area contributed by atoms with Crippen LogP contribution in [-0.2, 0) is 0 Å². The lowest BCUT2D eigenvalue weighted by Crippen LogP contribution is -2.54. The van der Waals surface area contributed by atoms with E-state index in [4.69, 9.17) is 0 Å². The molecular formula is C14H17FIN5. The molecule has 3 rings (SSSR count). The van der Waals surface area contributed by atoms with E-state index >= 15 is 0 Å². The van der Waals surface area contributed by atoms with Crippen LogP contribution in [0.4, 0.5) is 10.3 Å². The summed E-state index contributed by atoms with van der Waals surface area (Å²) in [6.45, 7) is 6.06. The molecule has 0 aliphatic carbocycles. The zero-order valence-corrected chi connectivity index (χ0v) is 14.1. The highest BCUT2D eigenvalue weighted by atomic mass is 127. The van der Waals surface area contributed by atoms with Crippen LogP contribution in [0.2, 0.25) is 0 Å². The van der Waals surface area contributed by atoms with Crippen LogP contribution in [-0.4, -0.2) is 40.4 Å². The SMILES string of the molecule is CC1CN(c2n[nH]c(-c3ccc(F)cc3I)n2)CC(C)N1. The second-order valence-corrected chi connectivity index (χ2v) is 6.64. The third-order valence-electron chi connectivity index (χ3n) is 3.50. The molecule has 1 saturated heterocycles. The molecule has 112 valence electrons. The highest BCUT2D eigenvalue weighted by Gasteiger charge is 2.24. The molecule has 2 atom stereocenters. The Labute approximate surface area is 136 Å². The van der Waals surface area contributed by atoms with Gasteiger partial charge >= 0.3 is 0 Å². The molecular weight excluding hydrogens is 384 g/mol. The summed E-state index contributed by atoms with van der Waals surface area (Å²) in [6, 6.07) is 5.47. The molecule has 0 amide bonds. The first-order chi connectivity index (χ1) is 10.0. The number of hydrogen-bond donors (Lipinski definition) is 2. The van der Waals surface area contributed by atoms with E-state index < -0.39 is 0 Å². The van der Waals surface area contributed by atoms with E-state index in [0.29, 0.717) is 23.9 Å². The summed E-state index contributed by atoms with van der Waals surface area (Å²) in [5, 5.41) is 10.8. The lowest BCUT2D eigenvalue weighted by atomic mass is 10.1. The van der Waals surface area contributed by atoms with Crippen LogP contribution in [0.5, 0.6) is 0 Å². The molecule has 7 heteroatoms. The first kappa shape index (κ1) is 14.7.